The molecular weight excluding hydrogens is 400 g/mol. The lowest BCUT2D eigenvalue weighted by Crippen LogP contribution is -2.30. The van der Waals surface area contributed by atoms with E-state index in [0.29, 0.717) is 29.6 Å². The van der Waals surface area contributed by atoms with Crippen molar-refractivity contribution in [2.24, 2.45) is 0 Å². The number of halogens is 1. The first-order chi connectivity index (χ1) is 11.0. The zero-order chi connectivity index (χ0) is 16.4. The first-order valence-electron chi connectivity index (χ1n) is 7.36. The molecule has 1 aliphatic rings. The van der Waals surface area contributed by atoms with E-state index in [2.05, 4.69) is 20.9 Å². The van der Waals surface area contributed by atoms with Crippen LogP contribution in [0.1, 0.15) is 18.2 Å². The summed E-state index contributed by atoms with van der Waals surface area (Å²) in [5.41, 5.74) is 0. The molecular formula is C15H17BrN2O3S2. The minimum absolute atomic E-state index is 0.163. The van der Waals surface area contributed by atoms with E-state index in [0.717, 1.165) is 15.8 Å². The van der Waals surface area contributed by atoms with Gasteiger partial charge < -0.3 is 4.74 Å². The van der Waals surface area contributed by atoms with Crippen LogP contribution in [0.2, 0.25) is 0 Å². The summed E-state index contributed by atoms with van der Waals surface area (Å²) in [6, 6.07) is 7.20. The standard InChI is InChI=1S/C15H17BrN2O3S2/c1-2-13-4-6-15(22-13)23(19,20)18-8-7-12(10-18)21-14-5-3-11(16)9-17-14/h3-6,9,12H,2,7-8,10H2,1H3. The second-order valence-corrected chi connectivity index (χ2v) is 9.53. The quantitative estimate of drug-likeness (QED) is 0.749. The van der Waals surface area contributed by atoms with Crippen LogP contribution in [0.4, 0.5) is 0 Å². The molecule has 0 spiro atoms. The SMILES string of the molecule is CCc1ccc(S(=O)(=O)N2CCC(Oc3ccc(Br)cn3)C2)s1. The minimum Gasteiger partial charge on any atom is -0.473 e. The Labute approximate surface area is 148 Å². The molecule has 0 saturated carbocycles. The molecule has 1 saturated heterocycles. The lowest BCUT2D eigenvalue weighted by atomic mass is 10.3. The number of ether oxygens (including phenoxy) is 1. The van der Waals surface area contributed by atoms with Crippen molar-refractivity contribution in [2.45, 2.75) is 30.1 Å². The number of aromatic nitrogens is 1. The van der Waals surface area contributed by atoms with E-state index in [1.165, 1.54) is 15.6 Å². The Balaban J connectivity index is 1.67. The molecule has 1 fully saturated rings. The van der Waals surface area contributed by atoms with Crippen molar-refractivity contribution in [2.75, 3.05) is 13.1 Å². The summed E-state index contributed by atoms with van der Waals surface area (Å²) in [6.07, 6.45) is 3.02. The van der Waals surface area contributed by atoms with E-state index in [-0.39, 0.29) is 6.10 Å². The molecule has 5 nitrogen and oxygen atoms in total. The van der Waals surface area contributed by atoms with Gasteiger partial charge in [0.25, 0.3) is 10.0 Å². The van der Waals surface area contributed by atoms with Gasteiger partial charge in [0.1, 0.15) is 10.3 Å². The molecule has 0 radical (unpaired) electrons. The van der Waals surface area contributed by atoms with E-state index < -0.39 is 10.0 Å². The maximum atomic E-state index is 12.7. The zero-order valence-corrected chi connectivity index (χ0v) is 15.8. The molecule has 0 aliphatic carbocycles. The molecule has 0 amide bonds. The third-order valence-corrected chi connectivity index (χ3v) is 7.71. The van der Waals surface area contributed by atoms with Gasteiger partial charge in [-0.3, -0.25) is 0 Å². The van der Waals surface area contributed by atoms with Crippen LogP contribution in [-0.4, -0.2) is 36.9 Å². The Morgan fingerprint density at radius 2 is 2.22 bits per heavy atom. The van der Waals surface area contributed by atoms with Crippen molar-refractivity contribution in [3.05, 3.63) is 39.8 Å². The predicted octanol–water partition coefficient (Wildman–Crippen LogP) is 3.31. The summed E-state index contributed by atoms with van der Waals surface area (Å²) in [7, 11) is -3.42. The molecule has 1 atom stereocenters. The molecule has 0 bridgehead atoms. The van der Waals surface area contributed by atoms with Crippen molar-refractivity contribution in [3.63, 3.8) is 0 Å². The summed E-state index contributed by atoms with van der Waals surface area (Å²) in [4.78, 5) is 5.24. The molecule has 1 aliphatic heterocycles. The lowest BCUT2D eigenvalue weighted by Gasteiger charge is -2.16. The average Bonchev–Trinajstić information content (AvgIpc) is 3.19. The Kier molecular flexibility index (Phi) is 5.05. The fourth-order valence-corrected chi connectivity index (χ4v) is 5.60. The van der Waals surface area contributed by atoms with Crippen molar-refractivity contribution in [1.82, 2.24) is 9.29 Å². The van der Waals surface area contributed by atoms with Gasteiger partial charge in [-0.2, -0.15) is 4.31 Å². The topological polar surface area (TPSA) is 59.5 Å². The highest BCUT2D eigenvalue weighted by atomic mass is 79.9. The van der Waals surface area contributed by atoms with Crippen LogP contribution >= 0.6 is 27.3 Å². The van der Waals surface area contributed by atoms with Gasteiger partial charge in [-0.1, -0.05) is 6.92 Å². The average molecular weight is 417 g/mol. The van der Waals surface area contributed by atoms with Crippen molar-refractivity contribution in [1.29, 1.82) is 0 Å². The summed E-state index contributed by atoms with van der Waals surface area (Å²) in [6.45, 7) is 2.86. The van der Waals surface area contributed by atoms with Crippen LogP contribution in [0.3, 0.4) is 0 Å². The fraction of sp³-hybridized carbons (Fsp3) is 0.400. The van der Waals surface area contributed by atoms with E-state index in [4.69, 9.17) is 4.74 Å². The first kappa shape index (κ1) is 16.9. The normalized spacial score (nSPS) is 19.1. The molecule has 8 heteroatoms. The monoisotopic (exact) mass is 416 g/mol. The van der Waals surface area contributed by atoms with Crippen LogP contribution in [0.5, 0.6) is 5.88 Å². The van der Waals surface area contributed by atoms with Gasteiger partial charge in [-0.15, -0.1) is 11.3 Å². The van der Waals surface area contributed by atoms with Gasteiger partial charge in [0, 0.05) is 28.2 Å². The molecule has 124 valence electrons. The van der Waals surface area contributed by atoms with Gasteiger partial charge in [0.2, 0.25) is 5.88 Å². The van der Waals surface area contributed by atoms with Gasteiger partial charge >= 0.3 is 0 Å². The predicted molar refractivity (Wildman–Crippen MR) is 93.4 cm³/mol. The largest absolute Gasteiger partial charge is 0.473 e. The third-order valence-electron chi connectivity index (χ3n) is 3.68. The Hall–Kier alpha value is -0.960. The van der Waals surface area contributed by atoms with Crippen LogP contribution < -0.4 is 4.74 Å². The number of aryl methyl sites for hydroxylation is 1. The number of hydrogen-bond donors (Lipinski definition) is 0. The maximum Gasteiger partial charge on any atom is 0.252 e. The number of rotatable bonds is 5. The van der Waals surface area contributed by atoms with Crippen molar-refractivity contribution >= 4 is 37.3 Å². The van der Waals surface area contributed by atoms with Crippen molar-refractivity contribution < 1.29 is 13.2 Å². The highest BCUT2D eigenvalue weighted by Gasteiger charge is 2.34. The smallest absolute Gasteiger partial charge is 0.252 e. The zero-order valence-electron chi connectivity index (χ0n) is 12.6. The van der Waals surface area contributed by atoms with Gasteiger partial charge in [0.15, 0.2) is 0 Å². The third kappa shape index (κ3) is 3.76. The van der Waals surface area contributed by atoms with E-state index >= 15 is 0 Å². The van der Waals surface area contributed by atoms with Gasteiger partial charge in [-0.05, 0) is 47.0 Å². The van der Waals surface area contributed by atoms with E-state index in [1.807, 2.05) is 19.1 Å². The number of pyridine rings is 1. The summed E-state index contributed by atoms with van der Waals surface area (Å²) < 4.78 is 33.9. The Morgan fingerprint density at radius 1 is 1.39 bits per heavy atom. The van der Waals surface area contributed by atoms with Crippen molar-refractivity contribution in [3.8, 4) is 5.88 Å². The van der Waals surface area contributed by atoms with E-state index in [1.54, 1.807) is 18.3 Å². The molecule has 0 N–H and O–H groups in total. The first-order valence-corrected chi connectivity index (χ1v) is 10.4. The fourth-order valence-electron chi connectivity index (χ4n) is 2.43. The molecule has 3 heterocycles. The molecule has 23 heavy (non-hydrogen) atoms. The second kappa shape index (κ2) is 6.88. The lowest BCUT2D eigenvalue weighted by molar-refractivity contribution is 0.207. The Bertz CT molecular complexity index is 774. The highest BCUT2D eigenvalue weighted by molar-refractivity contribution is 9.10. The molecule has 2 aromatic heterocycles. The van der Waals surface area contributed by atoms with Gasteiger partial charge in [0.05, 0.1) is 6.54 Å². The number of thiophene rings is 1. The van der Waals surface area contributed by atoms with Gasteiger partial charge in [-0.25, -0.2) is 13.4 Å². The van der Waals surface area contributed by atoms with Crippen LogP contribution in [0.15, 0.2) is 39.1 Å². The second-order valence-electron chi connectivity index (χ2n) is 5.28. The molecule has 2 aromatic rings. The molecule has 1 unspecified atom stereocenters. The molecule has 3 rings (SSSR count). The summed E-state index contributed by atoms with van der Waals surface area (Å²) >= 11 is 4.67. The highest BCUT2D eigenvalue weighted by Crippen LogP contribution is 2.28. The molecule has 0 aromatic carbocycles. The summed E-state index contributed by atoms with van der Waals surface area (Å²) in [5.74, 6) is 0.516. The summed E-state index contributed by atoms with van der Waals surface area (Å²) in [5, 5.41) is 0. The van der Waals surface area contributed by atoms with Crippen LogP contribution in [0, 0.1) is 0 Å². The van der Waals surface area contributed by atoms with E-state index in [9.17, 15) is 8.42 Å². The maximum absolute atomic E-state index is 12.7. The number of nitrogens with zero attached hydrogens (tertiary/aromatic N) is 2. The number of hydrogen-bond acceptors (Lipinski definition) is 5. The van der Waals surface area contributed by atoms with Crippen LogP contribution in [-0.2, 0) is 16.4 Å². The minimum atomic E-state index is -3.42. The number of sulfonamides is 1. The Morgan fingerprint density at radius 3 is 2.87 bits per heavy atom. The van der Waals surface area contributed by atoms with Crippen LogP contribution in [0.25, 0.3) is 0 Å².